The van der Waals surface area contributed by atoms with Crippen molar-refractivity contribution in [1.82, 2.24) is 0 Å². The maximum Gasteiger partial charge on any atom is 0.262 e. The molecule has 0 bridgehead atoms. The van der Waals surface area contributed by atoms with E-state index in [0.29, 0.717) is 26.3 Å². The van der Waals surface area contributed by atoms with Gasteiger partial charge in [-0.15, -0.1) is 0 Å². The van der Waals surface area contributed by atoms with E-state index < -0.39 is 10.0 Å². The summed E-state index contributed by atoms with van der Waals surface area (Å²) in [6.07, 6.45) is 0. The Bertz CT molecular complexity index is 1150. The molecule has 5 nitrogen and oxygen atoms in total. The molecule has 0 radical (unpaired) electrons. The fourth-order valence-corrected chi connectivity index (χ4v) is 4.61. The molecule has 3 aromatic rings. The van der Waals surface area contributed by atoms with Gasteiger partial charge >= 0.3 is 0 Å². The maximum atomic E-state index is 12.8. The van der Waals surface area contributed by atoms with E-state index in [1.54, 1.807) is 67.6 Å². The first-order chi connectivity index (χ1) is 13.3. The third-order valence-electron chi connectivity index (χ3n) is 3.97. The molecule has 28 heavy (non-hydrogen) atoms. The average molecular weight is 480 g/mol. The largest absolute Gasteiger partial charge is 0.322 e. The molecule has 2 N–H and O–H groups in total. The number of carbonyl (C=O) groups is 1. The Morgan fingerprint density at radius 1 is 1.00 bits per heavy atom. The summed E-state index contributed by atoms with van der Waals surface area (Å²) in [4.78, 5) is 12.5. The summed E-state index contributed by atoms with van der Waals surface area (Å²) in [5, 5.41) is 3.02. The number of para-hydroxylation sites is 1. The summed E-state index contributed by atoms with van der Waals surface area (Å²) in [6, 6.07) is 18.3. The van der Waals surface area contributed by atoms with Crippen molar-refractivity contribution in [1.29, 1.82) is 0 Å². The number of rotatable bonds is 5. The van der Waals surface area contributed by atoms with Crippen LogP contribution >= 0.6 is 27.5 Å². The molecule has 8 heteroatoms. The molecule has 0 atom stereocenters. The van der Waals surface area contributed by atoms with Crippen molar-refractivity contribution >= 4 is 54.8 Å². The summed E-state index contributed by atoms with van der Waals surface area (Å²) in [6.45, 7) is 1.68. The first kappa shape index (κ1) is 20.4. The number of hydrogen-bond acceptors (Lipinski definition) is 3. The molecule has 1 amide bonds. The summed E-state index contributed by atoms with van der Waals surface area (Å²) >= 11 is 9.38. The predicted molar refractivity (Wildman–Crippen MR) is 116 cm³/mol. The van der Waals surface area contributed by atoms with Gasteiger partial charge in [0.15, 0.2) is 0 Å². The molecule has 3 rings (SSSR count). The molecular weight excluding hydrogens is 464 g/mol. The van der Waals surface area contributed by atoms with E-state index in [-0.39, 0.29) is 16.5 Å². The minimum atomic E-state index is -3.89. The van der Waals surface area contributed by atoms with Gasteiger partial charge in [0.25, 0.3) is 15.9 Å². The molecule has 0 aliphatic carbocycles. The van der Waals surface area contributed by atoms with Crippen LogP contribution in [0.15, 0.2) is 76.1 Å². The summed E-state index contributed by atoms with van der Waals surface area (Å²) < 4.78 is 28.8. The minimum absolute atomic E-state index is 0.0531. The van der Waals surface area contributed by atoms with Gasteiger partial charge in [-0.25, -0.2) is 8.42 Å². The lowest BCUT2D eigenvalue weighted by Gasteiger charge is -2.13. The monoisotopic (exact) mass is 478 g/mol. The molecule has 0 spiro atoms. The van der Waals surface area contributed by atoms with Crippen LogP contribution in [0.4, 0.5) is 11.4 Å². The van der Waals surface area contributed by atoms with E-state index >= 15 is 0 Å². The number of anilines is 2. The van der Waals surface area contributed by atoms with Crippen LogP contribution < -0.4 is 10.0 Å². The Hall–Kier alpha value is -2.35. The molecule has 0 fully saturated rings. The molecular formula is C20H16BrClN2O3S. The van der Waals surface area contributed by atoms with E-state index in [1.165, 1.54) is 6.07 Å². The Kier molecular flexibility index (Phi) is 6.07. The Balaban J connectivity index is 1.90. The highest BCUT2D eigenvalue weighted by molar-refractivity contribution is 9.10. The highest BCUT2D eigenvalue weighted by Gasteiger charge is 2.19. The van der Waals surface area contributed by atoms with Crippen LogP contribution in [0.25, 0.3) is 0 Å². The second-order valence-electron chi connectivity index (χ2n) is 6.00. The van der Waals surface area contributed by atoms with E-state index in [0.717, 1.165) is 0 Å². The number of benzene rings is 3. The van der Waals surface area contributed by atoms with E-state index in [1.807, 2.05) is 0 Å². The topological polar surface area (TPSA) is 75.3 Å². The third kappa shape index (κ3) is 4.55. The van der Waals surface area contributed by atoms with Crippen LogP contribution in [0.3, 0.4) is 0 Å². The minimum Gasteiger partial charge on any atom is -0.322 e. The van der Waals surface area contributed by atoms with Crippen molar-refractivity contribution in [2.24, 2.45) is 0 Å². The highest BCUT2D eigenvalue weighted by atomic mass is 79.9. The Morgan fingerprint density at radius 3 is 2.39 bits per heavy atom. The zero-order valence-electron chi connectivity index (χ0n) is 14.7. The van der Waals surface area contributed by atoms with Crippen LogP contribution in [0, 0.1) is 6.92 Å². The van der Waals surface area contributed by atoms with Crippen LogP contribution in [0.2, 0.25) is 5.02 Å². The molecule has 0 saturated carbocycles. The fourth-order valence-electron chi connectivity index (χ4n) is 2.55. The zero-order valence-corrected chi connectivity index (χ0v) is 17.9. The molecule has 0 unspecified atom stereocenters. The van der Waals surface area contributed by atoms with Gasteiger partial charge in [-0.1, -0.05) is 41.9 Å². The lowest BCUT2D eigenvalue weighted by molar-refractivity contribution is 0.102. The molecule has 0 aromatic heterocycles. The summed E-state index contributed by atoms with van der Waals surface area (Å²) in [5.41, 5.74) is 1.64. The van der Waals surface area contributed by atoms with Gasteiger partial charge in [0.1, 0.15) is 0 Å². The van der Waals surface area contributed by atoms with Crippen LogP contribution in [0.1, 0.15) is 15.9 Å². The van der Waals surface area contributed by atoms with Gasteiger partial charge in [-0.3, -0.25) is 9.52 Å². The maximum absolute atomic E-state index is 12.8. The average Bonchev–Trinajstić information content (AvgIpc) is 2.65. The van der Waals surface area contributed by atoms with E-state index in [2.05, 4.69) is 26.0 Å². The van der Waals surface area contributed by atoms with Crippen molar-refractivity contribution in [3.63, 3.8) is 0 Å². The molecule has 0 aliphatic heterocycles. The SMILES string of the molecule is Cc1ccc(NC(=O)c2ccccc2Br)cc1S(=O)(=O)Nc1ccccc1Cl. The summed E-state index contributed by atoms with van der Waals surface area (Å²) in [5.74, 6) is -0.348. The van der Waals surface area contributed by atoms with Crippen molar-refractivity contribution in [3.05, 3.63) is 87.4 Å². The number of amides is 1. The number of hydrogen-bond donors (Lipinski definition) is 2. The number of carbonyl (C=O) groups excluding carboxylic acids is 1. The van der Waals surface area contributed by atoms with E-state index in [9.17, 15) is 13.2 Å². The van der Waals surface area contributed by atoms with Crippen molar-refractivity contribution in [3.8, 4) is 0 Å². The quantitative estimate of drug-likeness (QED) is 0.510. The Morgan fingerprint density at radius 2 is 1.68 bits per heavy atom. The third-order valence-corrected chi connectivity index (χ3v) is 6.50. The predicted octanol–water partition coefficient (Wildman–Crippen LogP) is 5.46. The van der Waals surface area contributed by atoms with Crippen LogP contribution in [-0.4, -0.2) is 14.3 Å². The number of nitrogens with one attached hydrogen (secondary N) is 2. The zero-order chi connectivity index (χ0) is 20.3. The lowest BCUT2D eigenvalue weighted by atomic mass is 10.2. The number of halogens is 2. The number of sulfonamides is 1. The fraction of sp³-hybridized carbons (Fsp3) is 0.0500. The van der Waals surface area contributed by atoms with Gasteiger partial charge in [0.2, 0.25) is 0 Å². The van der Waals surface area contributed by atoms with Gasteiger partial charge < -0.3 is 5.32 Å². The molecule has 0 heterocycles. The highest BCUT2D eigenvalue weighted by Crippen LogP contribution is 2.27. The van der Waals surface area contributed by atoms with E-state index in [4.69, 9.17) is 11.6 Å². The first-order valence-corrected chi connectivity index (χ1v) is 10.9. The second-order valence-corrected chi connectivity index (χ2v) is 8.91. The van der Waals surface area contributed by atoms with Crippen LogP contribution in [-0.2, 0) is 10.0 Å². The van der Waals surface area contributed by atoms with Gasteiger partial charge in [0, 0.05) is 10.2 Å². The second kappa shape index (κ2) is 8.34. The van der Waals surface area contributed by atoms with Crippen molar-refractivity contribution in [2.45, 2.75) is 11.8 Å². The van der Waals surface area contributed by atoms with Crippen molar-refractivity contribution < 1.29 is 13.2 Å². The molecule has 0 aliphatic rings. The van der Waals surface area contributed by atoms with Crippen molar-refractivity contribution in [2.75, 3.05) is 10.0 Å². The van der Waals surface area contributed by atoms with Crippen LogP contribution in [0.5, 0.6) is 0 Å². The summed E-state index contributed by atoms with van der Waals surface area (Å²) in [7, 11) is -3.89. The molecule has 3 aromatic carbocycles. The van der Waals surface area contributed by atoms with Gasteiger partial charge in [-0.2, -0.15) is 0 Å². The Labute approximate surface area is 176 Å². The molecule has 144 valence electrons. The lowest BCUT2D eigenvalue weighted by Crippen LogP contribution is -2.16. The number of aryl methyl sites for hydroxylation is 1. The molecule has 0 saturated heterocycles. The smallest absolute Gasteiger partial charge is 0.262 e. The van der Waals surface area contributed by atoms with Gasteiger partial charge in [0.05, 0.1) is 21.2 Å². The van der Waals surface area contributed by atoms with Gasteiger partial charge in [-0.05, 0) is 64.8 Å². The normalized spacial score (nSPS) is 11.1. The first-order valence-electron chi connectivity index (χ1n) is 8.22. The standard InChI is InChI=1S/C20H16BrClN2O3S/c1-13-10-11-14(23-20(25)15-6-2-3-7-16(15)21)12-19(13)28(26,27)24-18-9-5-4-8-17(18)22/h2-12,24H,1H3,(H,23,25).